The number of unbranched alkanes of at least 4 members (excludes halogenated alkanes) is 1. The molecule has 0 unspecified atom stereocenters. The highest BCUT2D eigenvalue weighted by Gasteiger charge is 1.95. The zero-order chi connectivity index (χ0) is 10.6. The second kappa shape index (κ2) is 17.0. The van der Waals surface area contributed by atoms with Gasteiger partial charge in [-0.15, -0.1) is 24.8 Å². The van der Waals surface area contributed by atoms with Crippen LogP contribution in [0, 0.1) is 0 Å². The number of hydrogen-bond acceptors (Lipinski definition) is 4. The van der Waals surface area contributed by atoms with E-state index in [1.165, 1.54) is 0 Å². The summed E-state index contributed by atoms with van der Waals surface area (Å²) in [7, 11) is 0. The van der Waals surface area contributed by atoms with E-state index in [0.29, 0.717) is 19.4 Å². The van der Waals surface area contributed by atoms with Gasteiger partial charge in [0.1, 0.15) is 0 Å². The fourth-order valence-corrected chi connectivity index (χ4v) is 0.980. The molecular weight excluding hydrogens is 253 g/mol. The number of carbonyl (C=O) groups excluding carboxylic acids is 2. The molecule has 0 fully saturated rings. The van der Waals surface area contributed by atoms with Crippen LogP contribution < -0.4 is 16.4 Å². The average Bonchev–Trinajstić information content (AvgIpc) is 2.21. The zero-order valence-electron chi connectivity index (χ0n) is 9.24. The Morgan fingerprint density at radius 3 is 2.19 bits per heavy atom. The van der Waals surface area contributed by atoms with Gasteiger partial charge < -0.3 is 16.4 Å². The fourth-order valence-electron chi connectivity index (χ4n) is 0.980. The summed E-state index contributed by atoms with van der Waals surface area (Å²) in [6, 6.07) is 0. The molecule has 0 aromatic rings. The van der Waals surface area contributed by atoms with Crippen LogP contribution in [0.25, 0.3) is 0 Å². The van der Waals surface area contributed by atoms with Gasteiger partial charge in [0, 0.05) is 6.54 Å². The molecule has 4 N–H and O–H groups in total. The van der Waals surface area contributed by atoms with Gasteiger partial charge in [-0.2, -0.15) is 0 Å². The van der Waals surface area contributed by atoms with Gasteiger partial charge in [0.25, 0.3) is 5.91 Å². The molecule has 1 amide bonds. The molecule has 0 aliphatic rings. The number of nitrogens with two attached hydrogens (primary N) is 1. The summed E-state index contributed by atoms with van der Waals surface area (Å²) in [6.45, 7) is 3.15. The summed E-state index contributed by atoms with van der Waals surface area (Å²) in [5, 5.41) is 5.71. The third-order valence-electron chi connectivity index (χ3n) is 1.74. The first-order valence-electron chi connectivity index (χ1n) is 4.95. The second-order valence-electron chi connectivity index (χ2n) is 3.01. The van der Waals surface area contributed by atoms with Crippen molar-refractivity contribution in [1.29, 1.82) is 0 Å². The maximum Gasteiger partial charge on any atom is 0.284 e. The van der Waals surface area contributed by atoms with E-state index in [1.807, 2.05) is 0 Å². The van der Waals surface area contributed by atoms with Crippen molar-refractivity contribution in [3.8, 4) is 0 Å². The van der Waals surface area contributed by atoms with E-state index in [0.717, 1.165) is 32.4 Å². The summed E-state index contributed by atoms with van der Waals surface area (Å²) >= 11 is 0. The molecular formula is C9H21Cl2N3O2. The summed E-state index contributed by atoms with van der Waals surface area (Å²) in [4.78, 5) is 20.4. The summed E-state index contributed by atoms with van der Waals surface area (Å²) in [5.41, 5.74) is 5.32. The van der Waals surface area contributed by atoms with Crippen molar-refractivity contribution < 1.29 is 9.59 Å². The van der Waals surface area contributed by atoms with Crippen molar-refractivity contribution in [3.63, 3.8) is 0 Å². The van der Waals surface area contributed by atoms with Gasteiger partial charge in [-0.05, 0) is 38.9 Å². The van der Waals surface area contributed by atoms with E-state index in [9.17, 15) is 9.59 Å². The lowest BCUT2D eigenvalue weighted by Crippen LogP contribution is -2.26. The van der Waals surface area contributed by atoms with E-state index in [4.69, 9.17) is 5.73 Å². The highest BCUT2D eigenvalue weighted by atomic mass is 35.5. The number of nitrogens with one attached hydrogen (secondary N) is 2. The van der Waals surface area contributed by atoms with Gasteiger partial charge in [-0.1, -0.05) is 0 Å². The van der Waals surface area contributed by atoms with Crippen LogP contribution in [0.5, 0.6) is 0 Å². The molecule has 0 heterocycles. The molecule has 7 heteroatoms. The molecule has 5 nitrogen and oxygen atoms in total. The lowest BCUT2D eigenvalue weighted by atomic mass is 10.3. The number of amides is 1. The second-order valence-corrected chi connectivity index (χ2v) is 3.01. The topological polar surface area (TPSA) is 84.2 Å². The Morgan fingerprint density at radius 2 is 1.62 bits per heavy atom. The van der Waals surface area contributed by atoms with Crippen molar-refractivity contribution in [1.82, 2.24) is 10.6 Å². The first-order chi connectivity index (χ1) is 6.81. The number of carbonyl (C=O) groups is 2. The molecule has 0 aromatic carbocycles. The van der Waals surface area contributed by atoms with Crippen molar-refractivity contribution >= 4 is 37.0 Å². The Bertz CT molecular complexity index is 171. The van der Waals surface area contributed by atoms with Crippen LogP contribution in [0.2, 0.25) is 0 Å². The molecule has 98 valence electrons. The summed E-state index contributed by atoms with van der Waals surface area (Å²) in [6.07, 6.45) is 3.15. The molecule has 0 aromatic heterocycles. The highest BCUT2D eigenvalue weighted by molar-refractivity contribution is 6.23. The van der Waals surface area contributed by atoms with E-state index in [-0.39, 0.29) is 24.8 Å². The third kappa shape index (κ3) is 16.1. The molecule has 0 saturated carbocycles. The molecule has 0 rings (SSSR count). The molecule has 16 heavy (non-hydrogen) atoms. The smallest absolute Gasteiger partial charge is 0.284 e. The fraction of sp³-hybridized carbons (Fsp3) is 0.778. The van der Waals surface area contributed by atoms with E-state index < -0.39 is 5.91 Å². The molecule has 0 bridgehead atoms. The molecule has 0 saturated heterocycles. The standard InChI is InChI=1S/C9H19N3O2.2ClH/c10-4-3-6-11-5-1-2-7-12-9(14)8-13;;/h8,11H,1-7,10H2,(H,12,14);2*1H. The summed E-state index contributed by atoms with van der Waals surface area (Å²) in [5.74, 6) is -0.541. The Kier molecular flexibility index (Phi) is 22.4. The van der Waals surface area contributed by atoms with Crippen molar-refractivity contribution in [2.45, 2.75) is 19.3 Å². The molecule has 0 aliphatic carbocycles. The minimum Gasteiger partial charge on any atom is -0.350 e. The Balaban J connectivity index is -0.000000845. The van der Waals surface area contributed by atoms with E-state index in [2.05, 4.69) is 10.6 Å². The van der Waals surface area contributed by atoms with E-state index >= 15 is 0 Å². The van der Waals surface area contributed by atoms with E-state index in [1.54, 1.807) is 0 Å². The first kappa shape index (κ1) is 21.0. The van der Waals surface area contributed by atoms with Crippen LogP contribution in [0.3, 0.4) is 0 Å². The van der Waals surface area contributed by atoms with Gasteiger partial charge in [0.05, 0.1) is 0 Å². The minimum absolute atomic E-state index is 0. The monoisotopic (exact) mass is 273 g/mol. The normalized spacial score (nSPS) is 8.56. The lowest BCUT2D eigenvalue weighted by Gasteiger charge is -2.03. The number of halogens is 2. The van der Waals surface area contributed by atoms with Crippen LogP contribution in [0.4, 0.5) is 0 Å². The summed E-state index contributed by atoms with van der Waals surface area (Å²) < 4.78 is 0. The zero-order valence-corrected chi connectivity index (χ0v) is 10.9. The highest BCUT2D eigenvalue weighted by Crippen LogP contribution is 1.84. The van der Waals surface area contributed by atoms with Gasteiger partial charge in [0.2, 0.25) is 6.29 Å². The third-order valence-corrected chi connectivity index (χ3v) is 1.74. The predicted molar refractivity (Wildman–Crippen MR) is 69.3 cm³/mol. The Labute approximate surface area is 109 Å². The maximum atomic E-state index is 10.5. The average molecular weight is 274 g/mol. The maximum absolute atomic E-state index is 10.5. The van der Waals surface area contributed by atoms with Gasteiger partial charge in [0.15, 0.2) is 0 Å². The van der Waals surface area contributed by atoms with Crippen LogP contribution in [-0.4, -0.2) is 38.4 Å². The molecule has 0 aliphatic heterocycles. The number of hydrogen-bond donors (Lipinski definition) is 3. The molecule has 0 atom stereocenters. The number of aldehydes is 1. The number of rotatable bonds is 9. The first-order valence-corrected chi connectivity index (χ1v) is 4.95. The van der Waals surface area contributed by atoms with Gasteiger partial charge >= 0.3 is 0 Å². The molecule has 0 radical (unpaired) electrons. The SMILES string of the molecule is Cl.Cl.NCCCNCCCCNC(=O)C=O. The predicted octanol–water partition coefficient (Wildman–Crippen LogP) is -0.136. The van der Waals surface area contributed by atoms with Crippen LogP contribution in [-0.2, 0) is 9.59 Å². The van der Waals surface area contributed by atoms with Crippen LogP contribution >= 0.6 is 24.8 Å². The van der Waals surface area contributed by atoms with Crippen LogP contribution in [0.1, 0.15) is 19.3 Å². The lowest BCUT2D eigenvalue weighted by molar-refractivity contribution is -0.131. The Hall–Kier alpha value is -0.360. The quantitative estimate of drug-likeness (QED) is 0.310. The largest absolute Gasteiger partial charge is 0.350 e. The van der Waals surface area contributed by atoms with Crippen molar-refractivity contribution in [3.05, 3.63) is 0 Å². The molecule has 0 spiro atoms. The van der Waals surface area contributed by atoms with Crippen molar-refractivity contribution in [2.24, 2.45) is 5.73 Å². The minimum atomic E-state index is -0.541. The van der Waals surface area contributed by atoms with Crippen molar-refractivity contribution in [2.75, 3.05) is 26.2 Å². The van der Waals surface area contributed by atoms with Gasteiger partial charge in [-0.25, -0.2) is 0 Å². The Morgan fingerprint density at radius 1 is 1.06 bits per heavy atom. The van der Waals surface area contributed by atoms with Crippen LogP contribution in [0.15, 0.2) is 0 Å². The van der Waals surface area contributed by atoms with Gasteiger partial charge in [-0.3, -0.25) is 9.59 Å².